The molecule has 3 rings (SSSR count). The zero-order valence-corrected chi connectivity index (χ0v) is 11.8. The number of nitrogens with one attached hydrogen (secondary N) is 1. The van der Waals surface area contributed by atoms with Crippen molar-refractivity contribution in [3.05, 3.63) is 65.3 Å². The number of hydrogen-bond acceptors (Lipinski definition) is 3. The number of benzene rings is 2. The summed E-state index contributed by atoms with van der Waals surface area (Å²) in [6, 6.07) is 8.78. The summed E-state index contributed by atoms with van der Waals surface area (Å²) >= 11 is 0. The Kier molecular flexibility index (Phi) is 4.01. The summed E-state index contributed by atoms with van der Waals surface area (Å²) in [4.78, 5) is 16.0. The molecule has 0 aliphatic carbocycles. The van der Waals surface area contributed by atoms with Crippen LogP contribution >= 0.6 is 0 Å². The number of fused-ring (bicyclic) bond motifs is 1. The van der Waals surface area contributed by atoms with Gasteiger partial charge in [0.05, 0.1) is 5.56 Å². The number of halogens is 3. The van der Waals surface area contributed by atoms with Crippen LogP contribution in [0.4, 0.5) is 13.2 Å². The SMILES string of the molecule is O=C(NCCc1nc2ccccc2o1)c1ccc(F)c(F)c1F. The molecule has 0 aliphatic heterocycles. The second-order valence-electron chi connectivity index (χ2n) is 4.80. The van der Waals surface area contributed by atoms with Crippen molar-refractivity contribution in [2.24, 2.45) is 0 Å². The highest BCUT2D eigenvalue weighted by Crippen LogP contribution is 2.16. The molecule has 0 aliphatic rings. The second kappa shape index (κ2) is 6.12. The van der Waals surface area contributed by atoms with Crippen LogP contribution in [0, 0.1) is 17.5 Å². The molecule has 0 saturated heterocycles. The molecule has 0 bridgehead atoms. The molecule has 1 amide bonds. The fraction of sp³-hybridized carbons (Fsp3) is 0.125. The number of nitrogens with zero attached hydrogens (tertiary/aromatic N) is 1. The van der Waals surface area contributed by atoms with Crippen molar-refractivity contribution in [3.8, 4) is 0 Å². The number of carbonyl (C=O) groups excluding carboxylic acids is 1. The van der Waals surface area contributed by atoms with Crippen molar-refractivity contribution in [2.45, 2.75) is 6.42 Å². The summed E-state index contributed by atoms with van der Waals surface area (Å²) < 4.78 is 44.9. The van der Waals surface area contributed by atoms with Gasteiger partial charge in [0.2, 0.25) is 0 Å². The third-order valence-corrected chi connectivity index (χ3v) is 3.24. The summed E-state index contributed by atoms with van der Waals surface area (Å²) in [5.74, 6) is -4.94. The summed E-state index contributed by atoms with van der Waals surface area (Å²) in [5, 5.41) is 2.41. The van der Waals surface area contributed by atoms with Crippen LogP contribution in [0.25, 0.3) is 11.1 Å². The Morgan fingerprint density at radius 1 is 1.09 bits per heavy atom. The summed E-state index contributed by atoms with van der Waals surface area (Å²) in [6.07, 6.45) is 0.283. The minimum absolute atomic E-state index is 0.115. The zero-order chi connectivity index (χ0) is 16.4. The lowest BCUT2D eigenvalue weighted by molar-refractivity contribution is 0.0948. The molecule has 0 unspecified atom stereocenters. The van der Waals surface area contributed by atoms with Gasteiger partial charge in [-0.05, 0) is 24.3 Å². The van der Waals surface area contributed by atoms with Gasteiger partial charge in [-0.25, -0.2) is 18.2 Å². The van der Waals surface area contributed by atoms with Crippen LogP contribution in [0.5, 0.6) is 0 Å². The number of para-hydroxylation sites is 2. The van der Waals surface area contributed by atoms with Gasteiger partial charge >= 0.3 is 0 Å². The number of hydrogen-bond donors (Lipinski definition) is 1. The third-order valence-electron chi connectivity index (χ3n) is 3.24. The van der Waals surface area contributed by atoms with E-state index in [1.54, 1.807) is 12.1 Å². The van der Waals surface area contributed by atoms with Gasteiger partial charge in [0, 0.05) is 13.0 Å². The Bertz CT molecular complexity index is 844. The Morgan fingerprint density at radius 3 is 2.65 bits per heavy atom. The number of aromatic nitrogens is 1. The lowest BCUT2D eigenvalue weighted by atomic mass is 10.2. The molecule has 0 radical (unpaired) electrons. The highest BCUT2D eigenvalue weighted by Gasteiger charge is 2.18. The molecule has 1 aromatic heterocycles. The summed E-state index contributed by atoms with van der Waals surface area (Å²) in [7, 11) is 0. The topological polar surface area (TPSA) is 55.1 Å². The van der Waals surface area contributed by atoms with Crippen molar-refractivity contribution >= 4 is 17.0 Å². The predicted octanol–water partition coefficient (Wildman–Crippen LogP) is 3.22. The van der Waals surface area contributed by atoms with Gasteiger partial charge < -0.3 is 9.73 Å². The normalized spacial score (nSPS) is 10.9. The van der Waals surface area contributed by atoms with E-state index in [-0.39, 0.29) is 13.0 Å². The van der Waals surface area contributed by atoms with E-state index in [1.165, 1.54) is 0 Å². The molecule has 0 spiro atoms. The van der Waals surface area contributed by atoms with Gasteiger partial charge in [0.15, 0.2) is 28.9 Å². The molecule has 0 fully saturated rings. The van der Waals surface area contributed by atoms with Crippen molar-refractivity contribution in [1.82, 2.24) is 10.3 Å². The maximum atomic E-state index is 13.5. The Hall–Kier alpha value is -2.83. The van der Waals surface area contributed by atoms with E-state index >= 15 is 0 Å². The average molecular weight is 320 g/mol. The molecule has 118 valence electrons. The van der Waals surface area contributed by atoms with E-state index in [2.05, 4.69) is 10.3 Å². The van der Waals surface area contributed by atoms with Crippen LogP contribution < -0.4 is 5.32 Å². The first kappa shape index (κ1) is 15.1. The van der Waals surface area contributed by atoms with E-state index in [4.69, 9.17) is 4.42 Å². The maximum absolute atomic E-state index is 13.5. The molecule has 7 heteroatoms. The first-order valence-electron chi connectivity index (χ1n) is 6.82. The molecule has 4 nitrogen and oxygen atoms in total. The lowest BCUT2D eigenvalue weighted by Crippen LogP contribution is -2.27. The van der Waals surface area contributed by atoms with E-state index < -0.39 is 28.9 Å². The predicted molar refractivity (Wildman–Crippen MR) is 76.4 cm³/mol. The van der Waals surface area contributed by atoms with Crippen molar-refractivity contribution in [3.63, 3.8) is 0 Å². The van der Waals surface area contributed by atoms with E-state index in [1.807, 2.05) is 12.1 Å². The summed E-state index contributed by atoms with van der Waals surface area (Å²) in [6.45, 7) is 0.115. The standard InChI is InChI=1S/C16H11F3N2O2/c17-10-6-5-9(14(18)15(10)19)16(22)20-8-7-13-21-11-3-1-2-4-12(11)23-13/h1-6H,7-8H2,(H,20,22). The minimum Gasteiger partial charge on any atom is -0.441 e. The van der Waals surface area contributed by atoms with Gasteiger partial charge in [-0.2, -0.15) is 0 Å². The van der Waals surface area contributed by atoms with Crippen molar-refractivity contribution in [2.75, 3.05) is 6.54 Å². The fourth-order valence-electron chi connectivity index (χ4n) is 2.11. The van der Waals surface area contributed by atoms with E-state index in [0.717, 1.165) is 6.07 Å². The van der Waals surface area contributed by atoms with Gasteiger partial charge in [0.1, 0.15) is 5.52 Å². The van der Waals surface area contributed by atoms with Gasteiger partial charge in [-0.1, -0.05) is 12.1 Å². The van der Waals surface area contributed by atoms with Gasteiger partial charge in [-0.3, -0.25) is 4.79 Å². The largest absolute Gasteiger partial charge is 0.441 e. The first-order chi connectivity index (χ1) is 11.1. The molecular formula is C16H11F3N2O2. The quantitative estimate of drug-likeness (QED) is 0.751. The number of rotatable bonds is 4. The van der Waals surface area contributed by atoms with Crippen LogP contribution in [0.2, 0.25) is 0 Å². The zero-order valence-electron chi connectivity index (χ0n) is 11.8. The molecule has 0 saturated carbocycles. The molecule has 1 heterocycles. The molecular weight excluding hydrogens is 309 g/mol. The second-order valence-corrected chi connectivity index (χ2v) is 4.80. The van der Waals surface area contributed by atoms with E-state index in [0.29, 0.717) is 23.1 Å². The minimum atomic E-state index is -1.67. The number of oxazole rings is 1. The average Bonchev–Trinajstić information content (AvgIpc) is 2.95. The van der Waals surface area contributed by atoms with Crippen LogP contribution in [-0.4, -0.2) is 17.4 Å². The van der Waals surface area contributed by atoms with Crippen molar-refractivity contribution in [1.29, 1.82) is 0 Å². The molecule has 3 aromatic rings. The highest BCUT2D eigenvalue weighted by atomic mass is 19.2. The molecule has 2 aromatic carbocycles. The van der Waals surface area contributed by atoms with Gasteiger partial charge in [0.25, 0.3) is 5.91 Å². The summed E-state index contributed by atoms with van der Waals surface area (Å²) in [5.41, 5.74) is 0.766. The van der Waals surface area contributed by atoms with Crippen LogP contribution in [-0.2, 0) is 6.42 Å². The van der Waals surface area contributed by atoms with Crippen LogP contribution in [0.3, 0.4) is 0 Å². The first-order valence-corrected chi connectivity index (χ1v) is 6.82. The maximum Gasteiger partial charge on any atom is 0.254 e. The Balaban J connectivity index is 1.64. The van der Waals surface area contributed by atoms with Crippen molar-refractivity contribution < 1.29 is 22.4 Å². The monoisotopic (exact) mass is 320 g/mol. The molecule has 1 N–H and O–H groups in total. The smallest absolute Gasteiger partial charge is 0.254 e. The fourth-order valence-corrected chi connectivity index (χ4v) is 2.11. The third kappa shape index (κ3) is 3.03. The molecule has 23 heavy (non-hydrogen) atoms. The van der Waals surface area contributed by atoms with Gasteiger partial charge in [-0.15, -0.1) is 0 Å². The van der Waals surface area contributed by atoms with Crippen LogP contribution in [0.1, 0.15) is 16.2 Å². The Morgan fingerprint density at radius 2 is 1.87 bits per heavy atom. The highest BCUT2D eigenvalue weighted by molar-refractivity contribution is 5.94. The van der Waals surface area contributed by atoms with Crippen LogP contribution in [0.15, 0.2) is 40.8 Å². The molecule has 0 atom stereocenters. The Labute approximate surface area is 128 Å². The lowest BCUT2D eigenvalue weighted by Gasteiger charge is -2.05. The van der Waals surface area contributed by atoms with E-state index in [9.17, 15) is 18.0 Å². The number of amides is 1. The number of carbonyl (C=O) groups is 1.